The van der Waals surface area contributed by atoms with E-state index in [1.54, 1.807) is 11.8 Å². The standard InChI is InChI=1S/C13H27NO2S/c1-4-5-9-17-10-12(16)14-11-13(2,3)7-6-8-15/h15H,4-11H2,1-3H3,(H,14,16). The maximum Gasteiger partial charge on any atom is 0.230 e. The Hall–Kier alpha value is -0.220. The molecule has 17 heavy (non-hydrogen) atoms. The number of aliphatic hydroxyl groups excluding tert-OH is 1. The number of carbonyl (C=O) groups is 1. The van der Waals surface area contributed by atoms with Gasteiger partial charge in [0.1, 0.15) is 0 Å². The van der Waals surface area contributed by atoms with E-state index in [1.807, 2.05) is 0 Å². The maximum atomic E-state index is 11.5. The highest BCUT2D eigenvalue weighted by molar-refractivity contribution is 7.99. The molecule has 0 aromatic heterocycles. The molecule has 0 aromatic rings. The van der Waals surface area contributed by atoms with Crippen LogP contribution in [0.5, 0.6) is 0 Å². The fraction of sp³-hybridized carbons (Fsp3) is 0.923. The summed E-state index contributed by atoms with van der Waals surface area (Å²) in [5.41, 5.74) is 0.0759. The largest absolute Gasteiger partial charge is 0.396 e. The van der Waals surface area contributed by atoms with Gasteiger partial charge < -0.3 is 10.4 Å². The summed E-state index contributed by atoms with van der Waals surface area (Å²) in [5.74, 6) is 1.76. The molecule has 0 saturated carbocycles. The van der Waals surface area contributed by atoms with Crippen molar-refractivity contribution in [3.63, 3.8) is 0 Å². The van der Waals surface area contributed by atoms with E-state index >= 15 is 0 Å². The first-order valence-corrected chi connectivity index (χ1v) is 7.62. The summed E-state index contributed by atoms with van der Waals surface area (Å²) in [6.07, 6.45) is 4.10. The minimum absolute atomic E-state index is 0.0759. The number of rotatable bonds is 10. The molecule has 0 heterocycles. The Morgan fingerprint density at radius 3 is 2.65 bits per heavy atom. The number of aliphatic hydroxyl groups is 1. The SMILES string of the molecule is CCCCSCC(=O)NCC(C)(C)CCCO. The average Bonchev–Trinajstić information content (AvgIpc) is 2.30. The van der Waals surface area contributed by atoms with Gasteiger partial charge in [0, 0.05) is 13.2 Å². The molecule has 0 atom stereocenters. The zero-order valence-electron chi connectivity index (χ0n) is 11.4. The smallest absolute Gasteiger partial charge is 0.230 e. The lowest BCUT2D eigenvalue weighted by molar-refractivity contribution is -0.119. The Morgan fingerprint density at radius 2 is 2.06 bits per heavy atom. The van der Waals surface area contributed by atoms with Crippen LogP contribution in [0.2, 0.25) is 0 Å². The van der Waals surface area contributed by atoms with Gasteiger partial charge in [0.2, 0.25) is 5.91 Å². The molecular weight excluding hydrogens is 234 g/mol. The Labute approximate surface area is 110 Å². The molecule has 2 N–H and O–H groups in total. The first kappa shape index (κ1) is 16.8. The first-order chi connectivity index (χ1) is 8.02. The van der Waals surface area contributed by atoms with Gasteiger partial charge in [-0.1, -0.05) is 27.2 Å². The molecule has 0 rings (SSSR count). The van der Waals surface area contributed by atoms with Crippen molar-refractivity contribution >= 4 is 17.7 Å². The number of nitrogens with one attached hydrogen (secondary N) is 1. The minimum atomic E-state index is 0.0759. The van der Waals surface area contributed by atoms with Crippen molar-refractivity contribution in [2.75, 3.05) is 24.7 Å². The Morgan fingerprint density at radius 1 is 1.35 bits per heavy atom. The quantitative estimate of drug-likeness (QED) is 0.594. The normalized spacial score (nSPS) is 11.5. The van der Waals surface area contributed by atoms with Gasteiger partial charge in [0.05, 0.1) is 5.75 Å². The molecular formula is C13H27NO2S. The van der Waals surface area contributed by atoms with Crippen molar-refractivity contribution in [1.29, 1.82) is 0 Å². The summed E-state index contributed by atoms with van der Waals surface area (Å²) in [7, 11) is 0. The molecule has 0 spiro atoms. The van der Waals surface area contributed by atoms with Crippen molar-refractivity contribution in [1.82, 2.24) is 5.32 Å². The molecule has 0 saturated heterocycles. The lowest BCUT2D eigenvalue weighted by Gasteiger charge is -2.24. The van der Waals surface area contributed by atoms with E-state index in [0.29, 0.717) is 12.3 Å². The van der Waals surface area contributed by atoms with Crippen LogP contribution in [-0.2, 0) is 4.79 Å². The van der Waals surface area contributed by atoms with Crippen molar-refractivity contribution in [3.8, 4) is 0 Å². The topological polar surface area (TPSA) is 49.3 Å². The predicted octanol–water partition coefficient (Wildman–Crippen LogP) is 2.43. The summed E-state index contributed by atoms with van der Waals surface area (Å²) in [6, 6.07) is 0. The highest BCUT2D eigenvalue weighted by atomic mass is 32.2. The third-order valence-electron chi connectivity index (χ3n) is 2.65. The van der Waals surface area contributed by atoms with Gasteiger partial charge in [-0.2, -0.15) is 11.8 Å². The lowest BCUT2D eigenvalue weighted by atomic mass is 9.88. The number of unbranched alkanes of at least 4 members (excludes halogenated alkanes) is 1. The van der Waals surface area contributed by atoms with Gasteiger partial charge in [-0.3, -0.25) is 4.79 Å². The van der Waals surface area contributed by atoms with Crippen LogP contribution in [0.25, 0.3) is 0 Å². The average molecular weight is 261 g/mol. The number of thioether (sulfide) groups is 1. The van der Waals surface area contributed by atoms with E-state index in [-0.39, 0.29) is 17.9 Å². The van der Waals surface area contributed by atoms with E-state index in [1.165, 1.54) is 12.8 Å². The van der Waals surface area contributed by atoms with Crippen LogP contribution in [0.1, 0.15) is 46.5 Å². The van der Waals surface area contributed by atoms with Crippen LogP contribution < -0.4 is 5.32 Å². The van der Waals surface area contributed by atoms with E-state index in [4.69, 9.17) is 5.11 Å². The predicted molar refractivity (Wildman–Crippen MR) is 75.3 cm³/mol. The molecule has 0 aliphatic heterocycles. The molecule has 0 aromatic carbocycles. The maximum absolute atomic E-state index is 11.5. The van der Waals surface area contributed by atoms with E-state index < -0.39 is 0 Å². The van der Waals surface area contributed by atoms with E-state index in [0.717, 1.165) is 18.6 Å². The van der Waals surface area contributed by atoms with Crippen molar-refractivity contribution in [2.24, 2.45) is 5.41 Å². The minimum Gasteiger partial charge on any atom is -0.396 e. The van der Waals surface area contributed by atoms with Crippen LogP contribution in [0.3, 0.4) is 0 Å². The van der Waals surface area contributed by atoms with Crippen LogP contribution in [-0.4, -0.2) is 35.7 Å². The van der Waals surface area contributed by atoms with Crippen molar-refractivity contribution in [2.45, 2.75) is 46.5 Å². The molecule has 0 bridgehead atoms. The van der Waals surface area contributed by atoms with Crippen LogP contribution in [0, 0.1) is 5.41 Å². The van der Waals surface area contributed by atoms with Crippen molar-refractivity contribution in [3.05, 3.63) is 0 Å². The summed E-state index contributed by atoms with van der Waals surface area (Å²) in [5, 5.41) is 11.8. The first-order valence-electron chi connectivity index (χ1n) is 6.47. The van der Waals surface area contributed by atoms with Gasteiger partial charge >= 0.3 is 0 Å². The molecule has 1 amide bonds. The molecule has 0 radical (unpaired) electrons. The molecule has 4 heteroatoms. The second kappa shape index (κ2) is 9.77. The van der Waals surface area contributed by atoms with Gasteiger partial charge in [-0.15, -0.1) is 0 Å². The molecule has 0 aliphatic carbocycles. The number of amides is 1. The van der Waals surface area contributed by atoms with E-state index in [9.17, 15) is 4.79 Å². The Bertz CT molecular complexity index is 208. The third kappa shape index (κ3) is 10.6. The second-order valence-corrected chi connectivity index (χ2v) is 6.28. The van der Waals surface area contributed by atoms with Crippen LogP contribution in [0.4, 0.5) is 0 Å². The second-order valence-electron chi connectivity index (χ2n) is 5.17. The lowest BCUT2D eigenvalue weighted by Crippen LogP contribution is -2.35. The summed E-state index contributed by atoms with van der Waals surface area (Å²) in [6.45, 7) is 7.31. The third-order valence-corrected chi connectivity index (χ3v) is 3.69. The molecule has 0 unspecified atom stereocenters. The monoisotopic (exact) mass is 261 g/mol. The van der Waals surface area contributed by atoms with Crippen LogP contribution in [0.15, 0.2) is 0 Å². The number of carbonyl (C=O) groups excluding carboxylic acids is 1. The van der Waals surface area contributed by atoms with Gasteiger partial charge in [0.25, 0.3) is 0 Å². The van der Waals surface area contributed by atoms with Gasteiger partial charge in [-0.05, 0) is 30.4 Å². The number of hydrogen-bond donors (Lipinski definition) is 2. The molecule has 3 nitrogen and oxygen atoms in total. The number of hydrogen-bond acceptors (Lipinski definition) is 3. The highest BCUT2D eigenvalue weighted by Crippen LogP contribution is 2.20. The fourth-order valence-corrected chi connectivity index (χ4v) is 2.37. The Balaban J connectivity index is 3.60. The van der Waals surface area contributed by atoms with Gasteiger partial charge in [0.15, 0.2) is 0 Å². The molecule has 102 valence electrons. The van der Waals surface area contributed by atoms with E-state index in [2.05, 4.69) is 26.1 Å². The summed E-state index contributed by atoms with van der Waals surface area (Å²) in [4.78, 5) is 11.5. The van der Waals surface area contributed by atoms with Crippen molar-refractivity contribution < 1.29 is 9.90 Å². The zero-order valence-corrected chi connectivity index (χ0v) is 12.2. The zero-order chi connectivity index (χ0) is 13.1. The Kier molecular flexibility index (Phi) is 9.65. The fourth-order valence-electron chi connectivity index (χ4n) is 1.45. The summed E-state index contributed by atoms with van der Waals surface area (Å²) < 4.78 is 0. The van der Waals surface area contributed by atoms with Gasteiger partial charge in [-0.25, -0.2) is 0 Å². The molecule has 0 fully saturated rings. The molecule has 0 aliphatic rings. The van der Waals surface area contributed by atoms with Crippen LogP contribution >= 0.6 is 11.8 Å². The highest BCUT2D eigenvalue weighted by Gasteiger charge is 2.17. The summed E-state index contributed by atoms with van der Waals surface area (Å²) >= 11 is 1.70.